The highest BCUT2D eigenvalue weighted by Crippen LogP contribution is 2.22. The van der Waals surface area contributed by atoms with Crippen LogP contribution in [0.4, 0.5) is 16.2 Å². The second kappa shape index (κ2) is 7.87. The van der Waals surface area contributed by atoms with E-state index in [0.29, 0.717) is 12.0 Å². The van der Waals surface area contributed by atoms with Gasteiger partial charge in [0.2, 0.25) is 0 Å². The van der Waals surface area contributed by atoms with Gasteiger partial charge in [-0.3, -0.25) is 15.0 Å². The van der Waals surface area contributed by atoms with Crippen LogP contribution in [0.25, 0.3) is 0 Å². The van der Waals surface area contributed by atoms with Crippen molar-refractivity contribution in [2.45, 2.75) is 19.6 Å². The zero-order valence-corrected chi connectivity index (χ0v) is 13.0. The quantitative estimate of drug-likeness (QED) is 0.461. The maximum atomic E-state index is 12.3. The molecule has 0 N–H and O–H groups in total. The molecule has 24 heavy (non-hydrogen) atoms. The van der Waals surface area contributed by atoms with Crippen molar-refractivity contribution in [3.8, 4) is 0 Å². The standard InChI is InChI=1S/C17H16N2O5/c1-13(11-20)18(15-7-9-16(10-8-15)19(22)23)17(21)24-12-14-5-3-2-4-6-14/h2-11,13H,12H2,1H3/t13-/m0/s1. The van der Waals surface area contributed by atoms with Gasteiger partial charge < -0.3 is 9.53 Å². The number of amides is 1. The number of carbonyl (C=O) groups excluding carboxylic acids is 2. The number of ether oxygens (including phenoxy) is 1. The number of anilines is 1. The molecule has 2 aromatic carbocycles. The third kappa shape index (κ3) is 4.16. The highest BCUT2D eigenvalue weighted by atomic mass is 16.6. The second-order valence-electron chi connectivity index (χ2n) is 5.06. The first-order valence-corrected chi connectivity index (χ1v) is 7.22. The first kappa shape index (κ1) is 17.1. The van der Waals surface area contributed by atoms with Gasteiger partial charge in [0, 0.05) is 17.8 Å². The van der Waals surface area contributed by atoms with Crippen LogP contribution < -0.4 is 4.90 Å². The number of aldehydes is 1. The molecule has 0 saturated carbocycles. The van der Waals surface area contributed by atoms with E-state index >= 15 is 0 Å². The van der Waals surface area contributed by atoms with Gasteiger partial charge in [-0.15, -0.1) is 0 Å². The van der Waals surface area contributed by atoms with E-state index in [1.54, 1.807) is 0 Å². The van der Waals surface area contributed by atoms with Crippen molar-refractivity contribution in [2.24, 2.45) is 0 Å². The van der Waals surface area contributed by atoms with E-state index in [2.05, 4.69) is 0 Å². The summed E-state index contributed by atoms with van der Waals surface area (Å²) in [5, 5.41) is 10.7. The molecule has 0 fully saturated rings. The van der Waals surface area contributed by atoms with Crippen LogP contribution in [0.5, 0.6) is 0 Å². The van der Waals surface area contributed by atoms with Crippen molar-refractivity contribution >= 4 is 23.8 Å². The Morgan fingerprint density at radius 2 is 1.83 bits per heavy atom. The predicted molar refractivity (Wildman–Crippen MR) is 87.7 cm³/mol. The molecule has 7 nitrogen and oxygen atoms in total. The Kier molecular flexibility index (Phi) is 5.62. The van der Waals surface area contributed by atoms with Crippen LogP contribution in [0.1, 0.15) is 12.5 Å². The molecule has 0 aliphatic rings. The van der Waals surface area contributed by atoms with Crippen LogP contribution in [-0.4, -0.2) is 23.3 Å². The minimum Gasteiger partial charge on any atom is -0.444 e. The first-order valence-electron chi connectivity index (χ1n) is 7.22. The van der Waals surface area contributed by atoms with Crippen molar-refractivity contribution in [1.29, 1.82) is 0 Å². The third-order valence-electron chi connectivity index (χ3n) is 3.34. The molecule has 0 bridgehead atoms. The van der Waals surface area contributed by atoms with Crippen LogP contribution in [-0.2, 0) is 16.1 Å². The molecule has 7 heteroatoms. The number of nitrogens with zero attached hydrogens (tertiary/aromatic N) is 2. The molecule has 0 unspecified atom stereocenters. The summed E-state index contributed by atoms with van der Waals surface area (Å²) in [5.74, 6) is 0. The molecule has 124 valence electrons. The summed E-state index contributed by atoms with van der Waals surface area (Å²) in [4.78, 5) is 34.8. The summed E-state index contributed by atoms with van der Waals surface area (Å²) in [6.45, 7) is 1.60. The maximum Gasteiger partial charge on any atom is 0.415 e. The topological polar surface area (TPSA) is 89.8 Å². The lowest BCUT2D eigenvalue weighted by Crippen LogP contribution is -2.40. The Bertz CT molecular complexity index is 716. The number of hydrogen-bond acceptors (Lipinski definition) is 5. The zero-order chi connectivity index (χ0) is 17.5. The summed E-state index contributed by atoms with van der Waals surface area (Å²) in [6.07, 6.45) is -0.0992. The number of nitro benzene ring substituents is 1. The highest BCUT2D eigenvalue weighted by molar-refractivity contribution is 5.92. The SMILES string of the molecule is C[C@@H](C=O)N(C(=O)OCc1ccccc1)c1ccc([N+](=O)[O-])cc1. The summed E-state index contributed by atoms with van der Waals surface area (Å²) in [5.41, 5.74) is 1.06. The van der Waals surface area contributed by atoms with Gasteiger partial charge in [-0.2, -0.15) is 0 Å². The van der Waals surface area contributed by atoms with E-state index < -0.39 is 17.1 Å². The van der Waals surface area contributed by atoms with E-state index in [4.69, 9.17) is 4.74 Å². The van der Waals surface area contributed by atoms with E-state index in [1.165, 1.54) is 31.2 Å². The highest BCUT2D eigenvalue weighted by Gasteiger charge is 2.23. The molecular weight excluding hydrogens is 312 g/mol. The van der Waals surface area contributed by atoms with Crippen molar-refractivity contribution in [3.05, 3.63) is 70.3 Å². The van der Waals surface area contributed by atoms with Crippen molar-refractivity contribution in [1.82, 2.24) is 0 Å². The second-order valence-corrected chi connectivity index (χ2v) is 5.06. The minimum absolute atomic E-state index is 0.0642. The Morgan fingerprint density at radius 3 is 2.38 bits per heavy atom. The number of carbonyl (C=O) groups is 2. The molecule has 1 atom stereocenters. The van der Waals surface area contributed by atoms with E-state index in [-0.39, 0.29) is 12.3 Å². The van der Waals surface area contributed by atoms with Gasteiger partial charge in [0.25, 0.3) is 5.69 Å². The number of rotatable bonds is 6. The van der Waals surface area contributed by atoms with Crippen molar-refractivity contribution < 1.29 is 19.2 Å². The van der Waals surface area contributed by atoms with E-state index in [0.717, 1.165) is 10.5 Å². The zero-order valence-electron chi connectivity index (χ0n) is 13.0. The van der Waals surface area contributed by atoms with Gasteiger partial charge in [0.1, 0.15) is 12.9 Å². The van der Waals surface area contributed by atoms with Crippen LogP contribution >= 0.6 is 0 Å². The van der Waals surface area contributed by atoms with Crippen LogP contribution in [0.2, 0.25) is 0 Å². The number of hydrogen-bond donors (Lipinski definition) is 0. The molecule has 2 aromatic rings. The molecule has 0 heterocycles. The lowest BCUT2D eigenvalue weighted by molar-refractivity contribution is -0.384. The molecule has 1 amide bonds. The predicted octanol–water partition coefficient (Wildman–Crippen LogP) is 3.33. The lowest BCUT2D eigenvalue weighted by Gasteiger charge is -2.25. The molecule has 0 radical (unpaired) electrons. The summed E-state index contributed by atoms with van der Waals surface area (Å²) in [6, 6.07) is 13.7. The van der Waals surface area contributed by atoms with Gasteiger partial charge in [-0.05, 0) is 24.6 Å². The Balaban J connectivity index is 2.16. The molecule has 0 aliphatic heterocycles. The van der Waals surface area contributed by atoms with Crippen molar-refractivity contribution in [2.75, 3.05) is 4.90 Å². The Hall–Kier alpha value is -3.22. The molecule has 0 spiro atoms. The smallest absolute Gasteiger partial charge is 0.415 e. The maximum absolute atomic E-state index is 12.3. The Labute approximate surface area is 138 Å². The van der Waals surface area contributed by atoms with Crippen LogP contribution in [0.15, 0.2) is 54.6 Å². The molecule has 0 aromatic heterocycles. The molecule has 0 aliphatic carbocycles. The van der Waals surface area contributed by atoms with Gasteiger partial charge in [0.15, 0.2) is 0 Å². The number of non-ortho nitro benzene ring substituents is 1. The lowest BCUT2D eigenvalue weighted by atomic mass is 10.2. The molecule has 0 saturated heterocycles. The van der Waals surface area contributed by atoms with E-state index in [9.17, 15) is 19.7 Å². The number of benzene rings is 2. The van der Waals surface area contributed by atoms with Gasteiger partial charge >= 0.3 is 6.09 Å². The van der Waals surface area contributed by atoms with Gasteiger partial charge in [-0.1, -0.05) is 30.3 Å². The van der Waals surface area contributed by atoms with Crippen LogP contribution in [0, 0.1) is 10.1 Å². The first-order chi connectivity index (χ1) is 11.5. The minimum atomic E-state index is -0.769. The largest absolute Gasteiger partial charge is 0.444 e. The monoisotopic (exact) mass is 328 g/mol. The fraction of sp³-hybridized carbons (Fsp3) is 0.176. The van der Waals surface area contributed by atoms with Crippen LogP contribution in [0.3, 0.4) is 0 Å². The number of nitro groups is 1. The summed E-state index contributed by atoms with van der Waals surface area (Å²) in [7, 11) is 0. The van der Waals surface area contributed by atoms with Gasteiger partial charge in [-0.25, -0.2) is 4.79 Å². The fourth-order valence-electron chi connectivity index (χ4n) is 2.09. The van der Waals surface area contributed by atoms with E-state index in [1.807, 2.05) is 30.3 Å². The average molecular weight is 328 g/mol. The fourth-order valence-corrected chi connectivity index (χ4v) is 2.09. The van der Waals surface area contributed by atoms with Crippen molar-refractivity contribution in [3.63, 3.8) is 0 Å². The third-order valence-corrected chi connectivity index (χ3v) is 3.34. The van der Waals surface area contributed by atoms with Gasteiger partial charge in [0.05, 0.1) is 11.0 Å². The average Bonchev–Trinajstić information content (AvgIpc) is 2.61. The normalized spacial score (nSPS) is 11.4. The Morgan fingerprint density at radius 1 is 1.21 bits per heavy atom. The molecular formula is C17H16N2O5. The summed E-state index contributed by atoms with van der Waals surface area (Å²) < 4.78 is 5.24. The summed E-state index contributed by atoms with van der Waals surface area (Å²) >= 11 is 0. The molecule has 2 rings (SSSR count).